The lowest BCUT2D eigenvalue weighted by Crippen LogP contribution is -2.22. The first-order valence-electron chi connectivity index (χ1n) is 4.83. The van der Waals surface area contributed by atoms with Gasteiger partial charge in [-0.05, 0) is 24.1 Å². The maximum Gasteiger partial charge on any atom is 0.224 e. The average molecular weight is 258 g/mol. The van der Waals surface area contributed by atoms with Gasteiger partial charge in [0.1, 0.15) is 0 Å². The predicted molar refractivity (Wildman–Crippen MR) is 63.5 cm³/mol. The largest absolute Gasteiger partial charge is 0.325 e. The molecule has 1 amide bonds. The van der Waals surface area contributed by atoms with Crippen LogP contribution in [-0.4, -0.2) is 17.6 Å². The minimum atomic E-state index is -0.234. The SMILES string of the molecule is O=C1CCc2cc(Cl)cc(C(=O)CCl)c2N1. The van der Waals surface area contributed by atoms with E-state index in [0.29, 0.717) is 29.1 Å². The molecular weight excluding hydrogens is 249 g/mol. The van der Waals surface area contributed by atoms with Gasteiger partial charge in [0.2, 0.25) is 5.91 Å². The van der Waals surface area contributed by atoms with Gasteiger partial charge in [-0.1, -0.05) is 11.6 Å². The fraction of sp³-hybridized carbons (Fsp3) is 0.273. The second-order valence-electron chi connectivity index (χ2n) is 3.59. The molecule has 3 nitrogen and oxygen atoms in total. The molecule has 0 unspecified atom stereocenters. The van der Waals surface area contributed by atoms with Crippen molar-refractivity contribution < 1.29 is 9.59 Å². The van der Waals surface area contributed by atoms with Crippen LogP contribution in [-0.2, 0) is 11.2 Å². The van der Waals surface area contributed by atoms with E-state index in [0.717, 1.165) is 5.56 Å². The number of carbonyl (C=O) groups is 2. The van der Waals surface area contributed by atoms with Crippen LogP contribution in [0, 0.1) is 0 Å². The average Bonchev–Trinajstić information content (AvgIpc) is 2.27. The fourth-order valence-corrected chi connectivity index (χ4v) is 2.13. The Morgan fingerprint density at radius 1 is 1.38 bits per heavy atom. The lowest BCUT2D eigenvalue weighted by molar-refractivity contribution is -0.116. The summed E-state index contributed by atoms with van der Waals surface area (Å²) in [6.07, 6.45) is 1.02. The number of aryl methyl sites for hydroxylation is 1. The van der Waals surface area contributed by atoms with E-state index >= 15 is 0 Å². The van der Waals surface area contributed by atoms with Gasteiger partial charge >= 0.3 is 0 Å². The first-order valence-corrected chi connectivity index (χ1v) is 5.74. The molecule has 0 fully saturated rings. The van der Waals surface area contributed by atoms with Crippen molar-refractivity contribution in [2.75, 3.05) is 11.2 Å². The Balaban J connectivity index is 2.55. The van der Waals surface area contributed by atoms with Crippen molar-refractivity contribution in [2.24, 2.45) is 0 Å². The highest BCUT2D eigenvalue weighted by molar-refractivity contribution is 6.34. The summed E-state index contributed by atoms with van der Waals surface area (Å²) in [5, 5.41) is 3.18. The molecule has 0 aromatic heterocycles. The molecule has 84 valence electrons. The van der Waals surface area contributed by atoms with Crippen LogP contribution in [0.25, 0.3) is 0 Å². The topological polar surface area (TPSA) is 46.2 Å². The van der Waals surface area contributed by atoms with Crippen molar-refractivity contribution in [3.8, 4) is 0 Å². The van der Waals surface area contributed by atoms with Crippen molar-refractivity contribution in [1.82, 2.24) is 0 Å². The highest BCUT2D eigenvalue weighted by Gasteiger charge is 2.21. The van der Waals surface area contributed by atoms with Gasteiger partial charge in [-0.25, -0.2) is 0 Å². The highest BCUT2D eigenvalue weighted by Crippen LogP contribution is 2.30. The number of alkyl halides is 1. The Hall–Kier alpha value is -1.06. The van der Waals surface area contributed by atoms with E-state index in [9.17, 15) is 9.59 Å². The number of hydrogen-bond donors (Lipinski definition) is 1. The minimum Gasteiger partial charge on any atom is -0.325 e. The van der Waals surface area contributed by atoms with Crippen LogP contribution in [0.1, 0.15) is 22.3 Å². The van der Waals surface area contributed by atoms with Crippen molar-refractivity contribution in [3.63, 3.8) is 0 Å². The van der Waals surface area contributed by atoms with Gasteiger partial charge in [0, 0.05) is 17.0 Å². The van der Waals surface area contributed by atoms with Gasteiger partial charge in [-0.15, -0.1) is 11.6 Å². The number of anilines is 1. The highest BCUT2D eigenvalue weighted by atomic mass is 35.5. The fourth-order valence-electron chi connectivity index (χ4n) is 1.75. The summed E-state index contributed by atoms with van der Waals surface area (Å²) < 4.78 is 0. The monoisotopic (exact) mass is 257 g/mol. The molecule has 0 aliphatic carbocycles. The van der Waals surface area contributed by atoms with Crippen LogP contribution in [0.3, 0.4) is 0 Å². The number of halogens is 2. The molecule has 0 atom stereocenters. The van der Waals surface area contributed by atoms with Gasteiger partial charge in [-0.3, -0.25) is 9.59 Å². The molecule has 0 bridgehead atoms. The van der Waals surface area contributed by atoms with E-state index < -0.39 is 0 Å². The summed E-state index contributed by atoms with van der Waals surface area (Å²) in [5.41, 5.74) is 1.84. The summed E-state index contributed by atoms with van der Waals surface area (Å²) in [6.45, 7) is 0. The molecule has 1 aliphatic heterocycles. The second-order valence-corrected chi connectivity index (χ2v) is 4.30. The number of nitrogens with one attached hydrogen (secondary N) is 1. The first kappa shape index (κ1) is 11.4. The number of hydrogen-bond acceptors (Lipinski definition) is 2. The van der Waals surface area contributed by atoms with E-state index in [4.69, 9.17) is 23.2 Å². The minimum absolute atomic E-state index is 0.0848. The summed E-state index contributed by atoms with van der Waals surface area (Å²) >= 11 is 11.4. The molecule has 5 heteroatoms. The number of amides is 1. The zero-order valence-corrected chi connectivity index (χ0v) is 9.86. The lowest BCUT2D eigenvalue weighted by atomic mass is 9.97. The van der Waals surface area contributed by atoms with Gasteiger partial charge in [0.05, 0.1) is 11.6 Å². The molecule has 1 N–H and O–H groups in total. The number of Topliss-reactive ketones (excluding diaryl/α,β-unsaturated/α-hetero) is 1. The normalized spacial score (nSPS) is 14.2. The molecule has 0 saturated carbocycles. The van der Waals surface area contributed by atoms with Crippen molar-refractivity contribution in [2.45, 2.75) is 12.8 Å². The van der Waals surface area contributed by atoms with Gasteiger partial charge < -0.3 is 5.32 Å². The Morgan fingerprint density at radius 2 is 2.12 bits per heavy atom. The van der Waals surface area contributed by atoms with Crippen LogP contribution < -0.4 is 5.32 Å². The summed E-state index contributed by atoms with van der Waals surface area (Å²) in [7, 11) is 0. The van der Waals surface area contributed by atoms with Crippen molar-refractivity contribution in [3.05, 3.63) is 28.3 Å². The first-order chi connectivity index (χ1) is 7.61. The molecule has 1 aromatic rings. The molecule has 2 rings (SSSR count). The van der Waals surface area contributed by atoms with Crippen LogP contribution in [0.15, 0.2) is 12.1 Å². The number of carbonyl (C=O) groups excluding carboxylic acids is 2. The molecule has 0 saturated heterocycles. The van der Waals surface area contributed by atoms with E-state index in [1.807, 2.05) is 0 Å². The second kappa shape index (κ2) is 4.44. The third-order valence-electron chi connectivity index (χ3n) is 2.49. The summed E-state index contributed by atoms with van der Waals surface area (Å²) in [5.74, 6) is -0.441. The quantitative estimate of drug-likeness (QED) is 0.654. The van der Waals surface area contributed by atoms with Crippen LogP contribution in [0.2, 0.25) is 5.02 Å². The third kappa shape index (κ3) is 2.06. The van der Waals surface area contributed by atoms with E-state index in [1.54, 1.807) is 6.07 Å². The Morgan fingerprint density at radius 3 is 2.81 bits per heavy atom. The molecule has 0 radical (unpaired) electrons. The molecule has 0 spiro atoms. The summed E-state index contributed by atoms with van der Waals surface area (Å²) in [4.78, 5) is 22.9. The third-order valence-corrected chi connectivity index (χ3v) is 2.95. The van der Waals surface area contributed by atoms with Crippen LogP contribution in [0.5, 0.6) is 0 Å². The van der Waals surface area contributed by atoms with E-state index in [2.05, 4.69) is 5.32 Å². The van der Waals surface area contributed by atoms with Crippen LogP contribution in [0.4, 0.5) is 5.69 Å². The zero-order chi connectivity index (χ0) is 11.7. The van der Waals surface area contributed by atoms with Gasteiger partial charge in [0.25, 0.3) is 0 Å². The summed E-state index contributed by atoms with van der Waals surface area (Å²) in [6, 6.07) is 3.30. The number of ketones is 1. The number of rotatable bonds is 2. The Labute approximate surface area is 103 Å². The van der Waals surface area contributed by atoms with Crippen LogP contribution >= 0.6 is 23.2 Å². The molecular formula is C11H9Cl2NO2. The molecule has 1 heterocycles. The van der Waals surface area contributed by atoms with E-state index in [-0.39, 0.29) is 17.6 Å². The van der Waals surface area contributed by atoms with E-state index in [1.165, 1.54) is 6.07 Å². The van der Waals surface area contributed by atoms with Crippen molar-refractivity contribution >= 4 is 40.6 Å². The number of fused-ring (bicyclic) bond motifs is 1. The predicted octanol–water partition coefficient (Wildman–Crippen LogP) is 2.65. The zero-order valence-electron chi connectivity index (χ0n) is 8.35. The standard InChI is InChI=1S/C11H9Cl2NO2/c12-5-9(15)8-4-7(13)3-6-1-2-10(16)14-11(6)8/h3-4H,1-2,5H2,(H,14,16). The lowest BCUT2D eigenvalue weighted by Gasteiger charge is -2.19. The molecule has 16 heavy (non-hydrogen) atoms. The molecule has 1 aromatic carbocycles. The maximum absolute atomic E-state index is 11.6. The van der Waals surface area contributed by atoms with Gasteiger partial charge in [0.15, 0.2) is 5.78 Å². The Kier molecular flexibility index (Phi) is 3.17. The smallest absolute Gasteiger partial charge is 0.224 e. The number of benzene rings is 1. The maximum atomic E-state index is 11.6. The van der Waals surface area contributed by atoms with Gasteiger partial charge in [-0.2, -0.15) is 0 Å². The Bertz CT molecular complexity index is 471. The van der Waals surface area contributed by atoms with Crippen molar-refractivity contribution in [1.29, 1.82) is 0 Å². The molecule has 1 aliphatic rings.